The predicted molar refractivity (Wildman–Crippen MR) is 78.5 cm³/mol. The van der Waals surface area contributed by atoms with Crippen LogP contribution in [0, 0.1) is 0 Å². The molecule has 19 heavy (non-hydrogen) atoms. The maximum absolute atomic E-state index is 12.2. The van der Waals surface area contributed by atoms with E-state index >= 15 is 0 Å². The third kappa shape index (κ3) is 3.70. The van der Waals surface area contributed by atoms with E-state index in [-0.39, 0.29) is 0 Å². The molecular weight excluding hydrogens is 260 g/mol. The van der Waals surface area contributed by atoms with Crippen molar-refractivity contribution in [1.29, 1.82) is 0 Å². The van der Waals surface area contributed by atoms with Gasteiger partial charge < -0.3 is 0 Å². The largest absolute Gasteiger partial charge is 0.301 e. The highest BCUT2D eigenvalue weighted by Crippen LogP contribution is 2.20. The summed E-state index contributed by atoms with van der Waals surface area (Å²) < 4.78 is 28.6. The van der Waals surface area contributed by atoms with Crippen molar-refractivity contribution in [3.8, 4) is 0 Å². The molecule has 1 aliphatic rings. The number of nitrogens with one attached hydrogen (secondary N) is 1. The Labute approximate surface area is 116 Å². The zero-order valence-corrected chi connectivity index (χ0v) is 12.4. The average molecular weight is 282 g/mol. The second kappa shape index (κ2) is 5.92. The molecule has 1 saturated heterocycles. The molecule has 0 radical (unpaired) electrons. The maximum atomic E-state index is 12.2. The summed E-state index contributed by atoms with van der Waals surface area (Å²) in [5.74, 6) is 0.452. The molecular formula is C14H22N2O2S. The number of hydrogen-bond donors (Lipinski definition) is 1. The van der Waals surface area contributed by atoms with Crippen LogP contribution in [-0.2, 0) is 10.2 Å². The van der Waals surface area contributed by atoms with Crippen LogP contribution in [-0.4, -0.2) is 25.8 Å². The standard InChI is InChI=1S/C14H22N2O2S/c1-12(2)13-6-8-14(9-7-13)15-19(17,18)16-10-4-3-5-11-16/h6-9,12,15H,3-5,10-11H2,1-2H3. The van der Waals surface area contributed by atoms with Crippen molar-refractivity contribution in [2.24, 2.45) is 0 Å². The second-order valence-electron chi connectivity index (χ2n) is 5.34. The fourth-order valence-corrected chi connectivity index (χ4v) is 3.56. The van der Waals surface area contributed by atoms with E-state index in [2.05, 4.69) is 18.6 Å². The fourth-order valence-electron chi connectivity index (χ4n) is 2.25. The van der Waals surface area contributed by atoms with Crippen LogP contribution < -0.4 is 4.72 Å². The van der Waals surface area contributed by atoms with Crippen LogP contribution in [0.2, 0.25) is 0 Å². The lowest BCUT2D eigenvalue weighted by Crippen LogP contribution is -2.39. The SMILES string of the molecule is CC(C)c1ccc(NS(=O)(=O)N2CCCCC2)cc1. The molecule has 0 saturated carbocycles. The first kappa shape index (κ1) is 14.3. The van der Waals surface area contributed by atoms with Crippen LogP contribution in [0.15, 0.2) is 24.3 Å². The quantitative estimate of drug-likeness (QED) is 0.923. The van der Waals surface area contributed by atoms with Gasteiger partial charge in [0.2, 0.25) is 0 Å². The van der Waals surface area contributed by atoms with Gasteiger partial charge in [0.15, 0.2) is 0 Å². The van der Waals surface area contributed by atoms with E-state index in [1.807, 2.05) is 24.3 Å². The third-order valence-electron chi connectivity index (χ3n) is 3.48. The lowest BCUT2D eigenvalue weighted by atomic mass is 10.0. The van der Waals surface area contributed by atoms with Crippen LogP contribution in [0.5, 0.6) is 0 Å². The molecule has 1 heterocycles. The minimum Gasteiger partial charge on any atom is -0.271 e. The van der Waals surface area contributed by atoms with Crippen molar-refractivity contribution in [1.82, 2.24) is 4.31 Å². The van der Waals surface area contributed by atoms with E-state index in [4.69, 9.17) is 0 Å². The highest BCUT2D eigenvalue weighted by Gasteiger charge is 2.23. The number of nitrogens with zero attached hydrogens (tertiary/aromatic N) is 1. The Morgan fingerprint density at radius 1 is 1.05 bits per heavy atom. The molecule has 0 aromatic heterocycles. The first-order chi connectivity index (χ1) is 8.99. The monoisotopic (exact) mass is 282 g/mol. The van der Waals surface area contributed by atoms with Gasteiger partial charge >= 0.3 is 10.2 Å². The van der Waals surface area contributed by atoms with E-state index in [9.17, 15) is 8.42 Å². The van der Waals surface area contributed by atoms with Gasteiger partial charge in [-0.1, -0.05) is 32.4 Å². The Balaban J connectivity index is 2.06. The summed E-state index contributed by atoms with van der Waals surface area (Å²) in [5.41, 5.74) is 1.84. The first-order valence-electron chi connectivity index (χ1n) is 6.87. The molecule has 106 valence electrons. The van der Waals surface area contributed by atoms with Crippen molar-refractivity contribution in [2.75, 3.05) is 17.8 Å². The Bertz CT molecular complexity index is 503. The highest BCUT2D eigenvalue weighted by atomic mass is 32.2. The molecule has 2 rings (SSSR count). The van der Waals surface area contributed by atoms with Crippen LogP contribution in [0.3, 0.4) is 0 Å². The minimum atomic E-state index is -3.39. The molecule has 0 atom stereocenters. The molecule has 1 fully saturated rings. The van der Waals surface area contributed by atoms with Gasteiger partial charge in [0.1, 0.15) is 0 Å². The molecule has 0 bridgehead atoms. The molecule has 0 aliphatic carbocycles. The molecule has 5 heteroatoms. The predicted octanol–water partition coefficient (Wildman–Crippen LogP) is 2.95. The van der Waals surface area contributed by atoms with Crippen molar-refractivity contribution >= 4 is 15.9 Å². The third-order valence-corrected chi connectivity index (χ3v) is 5.02. The molecule has 0 amide bonds. The molecule has 0 unspecified atom stereocenters. The second-order valence-corrected chi connectivity index (χ2v) is 7.01. The summed E-state index contributed by atoms with van der Waals surface area (Å²) in [4.78, 5) is 0. The van der Waals surface area contributed by atoms with Gasteiger partial charge in [-0.05, 0) is 36.5 Å². The molecule has 1 N–H and O–H groups in total. The number of anilines is 1. The normalized spacial score (nSPS) is 17.6. The molecule has 1 aromatic rings. The van der Waals surface area contributed by atoms with Gasteiger partial charge in [0.05, 0.1) is 0 Å². The van der Waals surface area contributed by atoms with Gasteiger partial charge in [-0.15, -0.1) is 0 Å². The van der Waals surface area contributed by atoms with Crippen molar-refractivity contribution < 1.29 is 8.42 Å². The van der Waals surface area contributed by atoms with Crippen molar-refractivity contribution in [3.05, 3.63) is 29.8 Å². The van der Waals surface area contributed by atoms with Crippen molar-refractivity contribution in [3.63, 3.8) is 0 Å². The average Bonchev–Trinajstić information content (AvgIpc) is 2.40. The van der Waals surface area contributed by atoms with Gasteiger partial charge in [0, 0.05) is 18.8 Å². The minimum absolute atomic E-state index is 0.452. The summed E-state index contributed by atoms with van der Waals surface area (Å²) >= 11 is 0. The summed E-state index contributed by atoms with van der Waals surface area (Å²) in [5, 5.41) is 0. The highest BCUT2D eigenvalue weighted by molar-refractivity contribution is 7.90. The number of rotatable bonds is 4. The molecule has 0 spiro atoms. The molecule has 1 aromatic carbocycles. The smallest absolute Gasteiger partial charge is 0.271 e. The summed E-state index contributed by atoms with van der Waals surface area (Å²) in [6.45, 7) is 5.48. The zero-order valence-electron chi connectivity index (χ0n) is 11.6. The lowest BCUT2D eigenvalue weighted by molar-refractivity contribution is 0.349. The first-order valence-corrected chi connectivity index (χ1v) is 8.31. The Hall–Kier alpha value is -1.07. The van der Waals surface area contributed by atoms with Crippen LogP contribution in [0.1, 0.15) is 44.6 Å². The Morgan fingerprint density at radius 3 is 2.16 bits per heavy atom. The van der Waals surface area contributed by atoms with E-state index in [1.54, 1.807) is 0 Å². The molecule has 1 aliphatic heterocycles. The van der Waals surface area contributed by atoms with Crippen LogP contribution >= 0.6 is 0 Å². The summed E-state index contributed by atoms with van der Waals surface area (Å²) in [7, 11) is -3.39. The van der Waals surface area contributed by atoms with Gasteiger partial charge in [-0.25, -0.2) is 0 Å². The summed E-state index contributed by atoms with van der Waals surface area (Å²) in [6.07, 6.45) is 3.02. The topological polar surface area (TPSA) is 49.4 Å². The van der Waals surface area contributed by atoms with Crippen LogP contribution in [0.4, 0.5) is 5.69 Å². The summed E-state index contributed by atoms with van der Waals surface area (Å²) in [6, 6.07) is 7.60. The van der Waals surface area contributed by atoms with E-state index in [1.165, 1.54) is 9.87 Å². The number of hydrogen-bond acceptors (Lipinski definition) is 2. The van der Waals surface area contributed by atoms with Crippen molar-refractivity contribution in [2.45, 2.75) is 39.0 Å². The maximum Gasteiger partial charge on any atom is 0.301 e. The fraction of sp³-hybridized carbons (Fsp3) is 0.571. The Morgan fingerprint density at radius 2 is 1.63 bits per heavy atom. The lowest BCUT2D eigenvalue weighted by Gasteiger charge is -2.26. The Kier molecular flexibility index (Phi) is 4.47. The van der Waals surface area contributed by atoms with E-state index in [0.29, 0.717) is 24.7 Å². The zero-order chi connectivity index (χ0) is 13.9. The van der Waals surface area contributed by atoms with Crippen LogP contribution in [0.25, 0.3) is 0 Å². The van der Waals surface area contributed by atoms with E-state index < -0.39 is 10.2 Å². The molecule has 4 nitrogen and oxygen atoms in total. The van der Waals surface area contributed by atoms with E-state index in [0.717, 1.165) is 19.3 Å². The number of benzene rings is 1. The van der Waals surface area contributed by atoms with Gasteiger partial charge in [-0.2, -0.15) is 12.7 Å². The van der Waals surface area contributed by atoms with Gasteiger partial charge in [-0.3, -0.25) is 4.72 Å². The number of piperidine rings is 1. The van der Waals surface area contributed by atoms with Gasteiger partial charge in [0.25, 0.3) is 0 Å².